The molecule has 3 aromatic rings. The first-order valence-corrected chi connectivity index (χ1v) is 7.96. The van der Waals surface area contributed by atoms with Gasteiger partial charge in [-0.3, -0.25) is 4.79 Å². The molecule has 23 heavy (non-hydrogen) atoms. The minimum atomic E-state index is -0.583. The van der Waals surface area contributed by atoms with Crippen molar-refractivity contribution in [2.45, 2.75) is 13.0 Å². The van der Waals surface area contributed by atoms with E-state index in [1.54, 1.807) is 30.4 Å². The Morgan fingerprint density at radius 3 is 2.70 bits per heavy atom. The number of thiazole rings is 1. The number of aromatic nitrogens is 1. The molecule has 7 heteroatoms. The van der Waals surface area contributed by atoms with Gasteiger partial charge in [0.1, 0.15) is 5.01 Å². The molecule has 0 spiro atoms. The molecule has 3 N–H and O–H groups in total. The van der Waals surface area contributed by atoms with E-state index in [1.165, 1.54) is 0 Å². The Morgan fingerprint density at radius 1 is 1.30 bits per heavy atom. The highest BCUT2D eigenvalue weighted by Crippen LogP contribution is 2.33. The lowest BCUT2D eigenvalue weighted by atomic mass is 10.2. The van der Waals surface area contributed by atoms with Crippen LogP contribution in [0.1, 0.15) is 6.92 Å². The second-order valence-corrected chi connectivity index (χ2v) is 6.40. The summed E-state index contributed by atoms with van der Waals surface area (Å²) in [5.74, 6) is -0.269. The first kappa shape index (κ1) is 17.7. The number of nitrogens with zero attached hydrogens (tertiary/aromatic N) is 1. The second kappa shape index (κ2) is 7.27. The van der Waals surface area contributed by atoms with Crippen LogP contribution >= 0.6 is 35.3 Å². The van der Waals surface area contributed by atoms with Crippen LogP contribution in [0.2, 0.25) is 5.02 Å². The molecule has 1 heterocycles. The maximum absolute atomic E-state index is 11.6. The molecule has 0 aliphatic heterocycles. The van der Waals surface area contributed by atoms with Crippen molar-refractivity contribution in [3.8, 4) is 10.6 Å². The minimum Gasteiger partial charge on any atom is -0.323 e. The van der Waals surface area contributed by atoms with E-state index in [4.69, 9.17) is 17.3 Å². The Hall–Kier alpha value is -1.66. The van der Waals surface area contributed by atoms with Crippen LogP contribution < -0.4 is 11.1 Å². The van der Waals surface area contributed by atoms with E-state index < -0.39 is 6.04 Å². The normalized spacial score (nSPS) is 11.8. The largest absolute Gasteiger partial charge is 0.323 e. The third-order valence-corrected chi connectivity index (χ3v) is 4.58. The highest BCUT2D eigenvalue weighted by Gasteiger charge is 2.12. The third kappa shape index (κ3) is 3.82. The van der Waals surface area contributed by atoms with E-state index in [0.29, 0.717) is 10.7 Å². The zero-order valence-corrected chi connectivity index (χ0v) is 14.6. The number of nitrogens with one attached hydrogen (secondary N) is 1. The maximum atomic E-state index is 11.6. The number of para-hydroxylation sites is 1. The summed E-state index contributed by atoms with van der Waals surface area (Å²) in [6, 6.07) is 12.8. The minimum absolute atomic E-state index is 0. The van der Waals surface area contributed by atoms with Crippen LogP contribution in [0.4, 0.5) is 5.69 Å². The van der Waals surface area contributed by atoms with Crippen LogP contribution in [-0.2, 0) is 4.79 Å². The first-order chi connectivity index (χ1) is 10.5. The standard InChI is InChI=1S/C16H14ClN3OS.ClH/c1-9(18)15(21)19-12-7-6-10(8-11(12)17)16-20-13-4-2-3-5-14(13)22-16;/h2-9H,18H2,1H3,(H,19,21);1H. The monoisotopic (exact) mass is 367 g/mol. The average molecular weight is 368 g/mol. The van der Waals surface area contributed by atoms with Crippen LogP contribution in [0.15, 0.2) is 42.5 Å². The van der Waals surface area contributed by atoms with E-state index in [2.05, 4.69) is 10.3 Å². The number of hydrogen-bond donors (Lipinski definition) is 2. The Morgan fingerprint density at radius 2 is 2.04 bits per heavy atom. The van der Waals surface area contributed by atoms with Gasteiger partial charge in [-0.25, -0.2) is 4.98 Å². The fourth-order valence-corrected chi connectivity index (χ4v) is 3.18. The van der Waals surface area contributed by atoms with Crippen LogP contribution in [0, 0.1) is 0 Å². The second-order valence-electron chi connectivity index (χ2n) is 4.96. The highest BCUT2D eigenvalue weighted by molar-refractivity contribution is 7.21. The summed E-state index contributed by atoms with van der Waals surface area (Å²) in [6.45, 7) is 1.62. The van der Waals surface area contributed by atoms with Crippen molar-refractivity contribution in [3.05, 3.63) is 47.5 Å². The van der Waals surface area contributed by atoms with E-state index in [-0.39, 0.29) is 18.3 Å². The Kier molecular flexibility index (Phi) is 5.59. The maximum Gasteiger partial charge on any atom is 0.241 e. The molecule has 1 atom stereocenters. The van der Waals surface area contributed by atoms with Gasteiger partial charge in [0, 0.05) is 5.56 Å². The molecule has 3 rings (SSSR count). The van der Waals surface area contributed by atoms with Crippen LogP contribution in [0.3, 0.4) is 0 Å². The number of amides is 1. The Labute approximate surface area is 149 Å². The molecule has 2 aromatic carbocycles. The number of carbonyl (C=O) groups is 1. The molecule has 1 amide bonds. The number of benzene rings is 2. The molecule has 1 unspecified atom stereocenters. The predicted molar refractivity (Wildman–Crippen MR) is 99.6 cm³/mol. The van der Waals surface area contributed by atoms with Gasteiger partial charge in [-0.15, -0.1) is 23.7 Å². The fourth-order valence-electron chi connectivity index (χ4n) is 1.99. The summed E-state index contributed by atoms with van der Waals surface area (Å²) < 4.78 is 1.13. The van der Waals surface area contributed by atoms with Crippen molar-refractivity contribution in [1.29, 1.82) is 0 Å². The number of anilines is 1. The molecule has 0 saturated carbocycles. The number of hydrogen-bond acceptors (Lipinski definition) is 4. The summed E-state index contributed by atoms with van der Waals surface area (Å²) >= 11 is 7.85. The molecule has 0 aliphatic rings. The summed E-state index contributed by atoms with van der Waals surface area (Å²) in [5, 5.41) is 4.06. The SMILES string of the molecule is CC(N)C(=O)Nc1ccc(-c2nc3ccccc3s2)cc1Cl.Cl. The zero-order chi connectivity index (χ0) is 15.7. The number of nitrogens with two attached hydrogens (primary N) is 1. The molecule has 0 aliphatic carbocycles. The summed E-state index contributed by atoms with van der Waals surface area (Å²) in [5.41, 5.74) is 7.97. The summed E-state index contributed by atoms with van der Waals surface area (Å²) in [4.78, 5) is 16.2. The number of halogens is 2. The fraction of sp³-hybridized carbons (Fsp3) is 0.125. The molecule has 4 nitrogen and oxygen atoms in total. The number of rotatable bonds is 3. The van der Waals surface area contributed by atoms with Gasteiger partial charge in [-0.05, 0) is 37.3 Å². The van der Waals surface area contributed by atoms with Gasteiger partial charge in [0.25, 0.3) is 0 Å². The smallest absolute Gasteiger partial charge is 0.241 e. The molecule has 0 bridgehead atoms. The average Bonchev–Trinajstić information content (AvgIpc) is 2.93. The van der Waals surface area contributed by atoms with Gasteiger partial charge in [-0.1, -0.05) is 23.7 Å². The third-order valence-electron chi connectivity index (χ3n) is 3.18. The van der Waals surface area contributed by atoms with Gasteiger partial charge in [0.2, 0.25) is 5.91 Å². The molecular formula is C16H15Cl2N3OS. The topological polar surface area (TPSA) is 68.0 Å². The first-order valence-electron chi connectivity index (χ1n) is 6.76. The lowest BCUT2D eigenvalue weighted by Crippen LogP contribution is -2.32. The summed E-state index contributed by atoms with van der Waals surface area (Å²) in [7, 11) is 0. The number of carbonyl (C=O) groups excluding carboxylic acids is 1. The van der Waals surface area contributed by atoms with Crippen molar-refractivity contribution in [2.75, 3.05) is 5.32 Å². The Bertz CT molecular complexity index is 815. The lowest BCUT2D eigenvalue weighted by Gasteiger charge is -2.10. The molecule has 0 fully saturated rings. The van der Waals surface area contributed by atoms with Crippen molar-refractivity contribution in [1.82, 2.24) is 4.98 Å². The lowest BCUT2D eigenvalue weighted by molar-refractivity contribution is -0.117. The van der Waals surface area contributed by atoms with Gasteiger partial charge in [-0.2, -0.15) is 0 Å². The van der Waals surface area contributed by atoms with Gasteiger partial charge in [0.15, 0.2) is 0 Å². The van der Waals surface area contributed by atoms with Crippen molar-refractivity contribution in [2.24, 2.45) is 5.73 Å². The van der Waals surface area contributed by atoms with Crippen molar-refractivity contribution < 1.29 is 4.79 Å². The Balaban J connectivity index is 0.00000192. The van der Waals surface area contributed by atoms with Crippen LogP contribution in [-0.4, -0.2) is 16.9 Å². The van der Waals surface area contributed by atoms with E-state index in [1.807, 2.05) is 30.3 Å². The molecule has 0 radical (unpaired) electrons. The van der Waals surface area contributed by atoms with E-state index in [9.17, 15) is 4.79 Å². The van der Waals surface area contributed by atoms with Gasteiger partial charge >= 0.3 is 0 Å². The van der Waals surface area contributed by atoms with Crippen molar-refractivity contribution in [3.63, 3.8) is 0 Å². The van der Waals surface area contributed by atoms with Gasteiger partial charge < -0.3 is 11.1 Å². The van der Waals surface area contributed by atoms with E-state index >= 15 is 0 Å². The zero-order valence-electron chi connectivity index (χ0n) is 12.2. The van der Waals surface area contributed by atoms with E-state index in [0.717, 1.165) is 20.8 Å². The molecule has 0 saturated heterocycles. The molecule has 1 aromatic heterocycles. The quantitative estimate of drug-likeness (QED) is 0.723. The van der Waals surface area contributed by atoms with Crippen molar-refractivity contribution >= 4 is 57.2 Å². The van der Waals surface area contributed by atoms with Crippen LogP contribution in [0.5, 0.6) is 0 Å². The molecule has 120 valence electrons. The summed E-state index contributed by atoms with van der Waals surface area (Å²) in [6.07, 6.45) is 0. The van der Waals surface area contributed by atoms with Crippen LogP contribution in [0.25, 0.3) is 20.8 Å². The predicted octanol–water partition coefficient (Wildman–Crippen LogP) is 4.32. The van der Waals surface area contributed by atoms with Gasteiger partial charge in [0.05, 0.1) is 27.0 Å². The molecular weight excluding hydrogens is 353 g/mol. The number of fused-ring (bicyclic) bond motifs is 1. The highest BCUT2D eigenvalue weighted by atomic mass is 35.5.